The molecule has 0 spiro atoms. The smallest absolute Gasteiger partial charge is 0.265 e. The number of anilines is 2. The SMILES string of the molecule is Cc1cc(NS(=O)(=O)c2cccnc2NN)cc(C)c1Br. The Morgan fingerprint density at radius 3 is 2.43 bits per heavy atom. The van der Waals surface area contributed by atoms with Crippen molar-refractivity contribution in [3.63, 3.8) is 0 Å². The minimum Gasteiger partial charge on any atom is -0.307 e. The van der Waals surface area contributed by atoms with Gasteiger partial charge in [0.2, 0.25) is 0 Å². The summed E-state index contributed by atoms with van der Waals surface area (Å²) in [7, 11) is -3.77. The van der Waals surface area contributed by atoms with Crippen LogP contribution in [0.3, 0.4) is 0 Å². The van der Waals surface area contributed by atoms with Crippen LogP contribution < -0.4 is 16.0 Å². The van der Waals surface area contributed by atoms with Crippen LogP contribution in [0.2, 0.25) is 0 Å². The molecule has 0 unspecified atom stereocenters. The van der Waals surface area contributed by atoms with Gasteiger partial charge in [-0.3, -0.25) is 4.72 Å². The number of nitrogen functional groups attached to an aromatic ring is 1. The topological polar surface area (TPSA) is 97.1 Å². The number of hydrazine groups is 1. The summed E-state index contributed by atoms with van der Waals surface area (Å²) in [5.74, 6) is 5.39. The fourth-order valence-corrected chi connectivity index (χ4v) is 3.32. The number of nitrogens with two attached hydrogens (primary N) is 1. The maximum absolute atomic E-state index is 12.4. The molecular formula is C13H15BrN4O2S. The summed E-state index contributed by atoms with van der Waals surface area (Å²) in [6.45, 7) is 3.79. The van der Waals surface area contributed by atoms with Crippen molar-refractivity contribution in [1.82, 2.24) is 4.98 Å². The molecule has 0 bridgehead atoms. The summed E-state index contributed by atoms with van der Waals surface area (Å²) in [6.07, 6.45) is 1.46. The summed E-state index contributed by atoms with van der Waals surface area (Å²) >= 11 is 3.45. The van der Waals surface area contributed by atoms with Gasteiger partial charge in [0.05, 0.1) is 0 Å². The molecule has 21 heavy (non-hydrogen) atoms. The zero-order valence-electron chi connectivity index (χ0n) is 11.5. The zero-order valence-corrected chi connectivity index (χ0v) is 13.9. The normalized spacial score (nSPS) is 11.2. The molecule has 0 aliphatic rings. The van der Waals surface area contributed by atoms with Crippen molar-refractivity contribution in [2.75, 3.05) is 10.1 Å². The molecule has 1 aromatic carbocycles. The van der Waals surface area contributed by atoms with Crippen molar-refractivity contribution in [1.29, 1.82) is 0 Å². The number of aryl methyl sites for hydroxylation is 2. The molecule has 6 nitrogen and oxygen atoms in total. The Morgan fingerprint density at radius 1 is 1.24 bits per heavy atom. The largest absolute Gasteiger partial charge is 0.307 e. The van der Waals surface area contributed by atoms with Crippen LogP contribution in [0.5, 0.6) is 0 Å². The molecule has 0 atom stereocenters. The van der Waals surface area contributed by atoms with Gasteiger partial charge in [0.15, 0.2) is 5.82 Å². The summed E-state index contributed by atoms with van der Waals surface area (Å²) in [5.41, 5.74) is 4.65. The van der Waals surface area contributed by atoms with Crippen molar-refractivity contribution in [3.05, 3.63) is 46.1 Å². The number of aromatic nitrogens is 1. The molecule has 0 aliphatic heterocycles. The van der Waals surface area contributed by atoms with E-state index in [9.17, 15) is 8.42 Å². The number of halogens is 1. The predicted molar refractivity (Wildman–Crippen MR) is 86.5 cm³/mol. The molecule has 0 aliphatic carbocycles. The van der Waals surface area contributed by atoms with E-state index in [0.717, 1.165) is 15.6 Å². The fourth-order valence-electron chi connectivity index (χ4n) is 1.93. The van der Waals surface area contributed by atoms with Crippen LogP contribution in [0, 0.1) is 13.8 Å². The maximum atomic E-state index is 12.4. The van der Waals surface area contributed by atoms with Crippen LogP contribution in [0.4, 0.5) is 11.5 Å². The van der Waals surface area contributed by atoms with E-state index >= 15 is 0 Å². The van der Waals surface area contributed by atoms with E-state index in [-0.39, 0.29) is 10.7 Å². The zero-order chi connectivity index (χ0) is 15.6. The monoisotopic (exact) mass is 370 g/mol. The molecule has 0 radical (unpaired) electrons. The van der Waals surface area contributed by atoms with Crippen molar-refractivity contribution in [2.45, 2.75) is 18.7 Å². The summed E-state index contributed by atoms with van der Waals surface area (Å²) in [5, 5.41) is 0. The predicted octanol–water partition coefficient (Wildman–Crippen LogP) is 2.55. The van der Waals surface area contributed by atoms with Gasteiger partial charge in [0.25, 0.3) is 10.0 Å². The molecular weight excluding hydrogens is 356 g/mol. The van der Waals surface area contributed by atoms with Gasteiger partial charge in [-0.25, -0.2) is 19.2 Å². The third-order valence-electron chi connectivity index (χ3n) is 2.89. The second-order valence-electron chi connectivity index (χ2n) is 4.52. The summed E-state index contributed by atoms with van der Waals surface area (Å²) < 4.78 is 28.3. The van der Waals surface area contributed by atoms with Gasteiger partial charge in [-0.2, -0.15) is 0 Å². The fraction of sp³-hybridized carbons (Fsp3) is 0.154. The van der Waals surface area contributed by atoms with Crippen molar-refractivity contribution >= 4 is 37.5 Å². The summed E-state index contributed by atoms with van der Waals surface area (Å²) in [4.78, 5) is 3.88. The number of sulfonamides is 1. The van der Waals surface area contributed by atoms with Crippen LogP contribution in [0.1, 0.15) is 11.1 Å². The van der Waals surface area contributed by atoms with Crippen LogP contribution >= 0.6 is 15.9 Å². The van der Waals surface area contributed by atoms with Crippen molar-refractivity contribution < 1.29 is 8.42 Å². The van der Waals surface area contributed by atoms with Gasteiger partial charge in [0, 0.05) is 16.4 Å². The molecule has 8 heteroatoms. The third-order valence-corrected chi connectivity index (χ3v) is 5.55. The van der Waals surface area contributed by atoms with Gasteiger partial charge in [-0.05, 0) is 49.2 Å². The minimum atomic E-state index is -3.77. The van der Waals surface area contributed by atoms with E-state index in [1.54, 1.807) is 12.1 Å². The first-order valence-electron chi connectivity index (χ1n) is 6.06. The molecule has 4 N–H and O–H groups in total. The van der Waals surface area contributed by atoms with Crippen LogP contribution in [0.25, 0.3) is 0 Å². The lowest BCUT2D eigenvalue weighted by atomic mass is 10.1. The highest BCUT2D eigenvalue weighted by Gasteiger charge is 2.19. The van der Waals surface area contributed by atoms with E-state index in [1.807, 2.05) is 13.8 Å². The maximum Gasteiger partial charge on any atom is 0.265 e. The van der Waals surface area contributed by atoms with E-state index in [2.05, 4.69) is 31.1 Å². The van der Waals surface area contributed by atoms with E-state index in [0.29, 0.717) is 5.69 Å². The van der Waals surface area contributed by atoms with Gasteiger partial charge in [-0.1, -0.05) is 15.9 Å². The molecule has 0 saturated carbocycles. The highest BCUT2D eigenvalue weighted by molar-refractivity contribution is 9.10. The number of benzene rings is 1. The molecule has 2 aromatic rings. The number of hydrogen-bond donors (Lipinski definition) is 3. The Morgan fingerprint density at radius 2 is 1.86 bits per heavy atom. The molecule has 1 aromatic heterocycles. The van der Waals surface area contributed by atoms with Crippen molar-refractivity contribution in [3.8, 4) is 0 Å². The highest BCUT2D eigenvalue weighted by Crippen LogP contribution is 2.27. The lowest BCUT2D eigenvalue weighted by Gasteiger charge is -2.13. The quantitative estimate of drug-likeness (QED) is 0.567. The number of nitrogens with zero attached hydrogens (tertiary/aromatic N) is 1. The Bertz CT molecular complexity index is 754. The van der Waals surface area contributed by atoms with Gasteiger partial charge in [-0.15, -0.1) is 0 Å². The highest BCUT2D eigenvalue weighted by atomic mass is 79.9. The Kier molecular flexibility index (Phi) is 4.50. The number of hydrogen-bond acceptors (Lipinski definition) is 5. The van der Waals surface area contributed by atoms with Crippen LogP contribution in [-0.2, 0) is 10.0 Å². The minimum absolute atomic E-state index is 0.00859. The van der Waals surface area contributed by atoms with Crippen LogP contribution in [-0.4, -0.2) is 13.4 Å². The lowest BCUT2D eigenvalue weighted by Crippen LogP contribution is -2.18. The van der Waals surface area contributed by atoms with Crippen molar-refractivity contribution in [2.24, 2.45) is 5.84 Å². The first kappa shape index (κ1) is 15.7. The Hall–Kier alpha value is -1.64. The average Bonchev–Trinajstić information content (AvgIpc) is 2.44. The second-order valence-corrected chi connectivity index (χ2v) is 6.97. The third kappa shape index (κ3) is 3.34. The van der Waals surface area contributed by atoms with E-state index in [1.165, 1.54) is 18.3 Å². The lowest BCUT2D eigenvalue weighted by molar-refractivity contribution is 0.601. The molecule has 0 fully saturated rings. The summed E-state index contributed by atoms with van der Waals surface area (Å²) in [6, 6.07) is 6.47. The molecule has 112 valence electrons. The van der Waals surface area contributed by atoms with Gasteiger partial charge < -0.3 is 5.43 Å². The van der Waals surface area contributed by atoms with Gasteiger partial charge >= 0.3 is 0 Å². The van der Waals surface area contributed by atoms with Gasteiger partial charge in [0.1, 0.15) is 4.90 Å². The second kappa shape index (κ2) is 6.00. The molecule has 0 amide bonds. The average molecular weight is 371 g/mol. The molecule has 0 saturated heterocycles. The Balaban J connectivity index is 2.42. The number of nitrogens with one attached hydrogen (secondary N) is 2. The first-order valence-corrected chi connectivity index (χ1v) is 8.34. The standard InChI is InChI=1S/C13H15BrN4O2S/c1-8-6-10(7-9(2)12(8)14)18-21(19,20)11-4-3-5-16-13(11)17-15/h3-7,18H,15H2,1-2H3,(H,16,17). The Labute approximate surface area is 131 Å². The molecule has 2 rings (SSSR count). The number of pyridine rings is 1. The number of rotatable bonds is 4. The first-order chi connectivity index (χ1) is 9.85. The van der Waals surface area contributed by atoms with Crippen LogP contribution in [0.15, 0.2) is 39.8 Å². The molecule has 1 heterocycles. The van der Waals surface area contributed by atoms with E-state index < -0.39 is 10.0 Å². The van der Waals surface area contributed by atoms with E-state index in [4.69, 9.17) is 5.84 Å².